The molecule has 112 valence electrons. The highest BCUT2D eigenvalue weighted by Gasteiger charge is 2.25. The fourth-order valence-electron chi connectivity index (χ4n) is 3.30. The van der Waals surface area contributed by atoms with Crippen molar-refractivity contribution >= 4 is 0 Å². The van der Waals surface area contributed by atoms with Crippen LogP contribution in [0.25, 0.3) is 0 Å². The lowest BCUT2D eigenvalue weighted by atomic mass is 9.92. The summed E-state index contributed by atoms with van der Waals surface area (Å²) in [6.07, 6.45) is 5.10. The van der Waals surface area contributed by atoms with Gasteiger partial charge in [-0.1, -0.05) is 38.5 Å². The van der Waals surface area contributed by atoms with E-state index in [1.54, 1.807) is 6.07 Å². The molecule has 3 heteroatoms. The van der Waals surface area contributed by atoms with Gasteiger partial charge in [0.15, 0.2) is 0 Å². The molecule has 1 fully saturated rings. The molecule has 0 saturated carbocycles. The fourth-order valence-corrected chi connectivity index (χ4v) is 3.30. The summed E-state index contributed by atoms with van der Waals surface area (Å²) in [6, 6.07) is 7.34. The molecule has 1 aliphatic rings. The normalized spacial score (nSPS) is 23.5. The zero-order valence-electron chi connectivity index (χ0n) is 12.7. The second-order valence-corrected chi connectivity index (χ2v) is 6.08. The van der Waals surface area contributed by atoms with Crippen LogP contribution in [0.15, 0.2) is 24.3 Å². The second kappa shape index (κ2) is 7.19. The van der Waals surface area contributed by atoms with E-state index in [0.717, 1.165) is 13.1 Å². The molecule has 1 saturated heterocycles. The minimum absolute atomic E-state index is 0.183. The lowest BCUT2D eigenvalue weighted by molar-refractivity contribution is 0.118. The van der Waals surface area contributed by atoms with Crippen LogP contribution in [0.2, 0.25) is 0 Å². The molecular formula is C17H27FN2. The molecule has 3 atom stereocenters. The van der Waals surface area contributed by atoms with Gasteiger partial charge in [0, 0.05) is 24.2 Å². The SMILES string of the molecule is CCC1CCCCN1CC(C)C(N)c1ccccc1F. The van der Waals surface area contributed by atoms with Gasteiger partial charge in [0.2, 0.25) is 0 Å². The Kier molecular flexibility index (Phi) is 5.55. The topological polar surface area (TPSA) is 29.3 Å². The molecule has 1 heterocycles. The summed E-state index contributed by atoms with van der Waals surface area (Å²) in [5.41, 5.74) is 6.92. The van der Waals surface area contributed by atoms with Crippen LogP contribution in [0.1, 0.15) is 51.1 Å². The first-order chi connectivity index (χ1) is 9.63. The Morgan fingerprint density at radius 1 is 1.35 bits per heavy atom. The van der Waals surface area contributed by atoms with Gasteiger partial charge in [-0.3, -0.25) is 0 Å². The zero-order chi connectivity index (χ0) is 14.5. The average molecular weight is 278 g/mol. The molecule has 1 aromatic rings. The van der Waals surface area contributed by atoms with E-state index in [9.17, 15) is 4.39 Å². The predicted octanol–water partition coefficient (Wildman–Crippen LogP) is 3.73. The van der Waals surface area contributed by atoms with Crippen LogP contribution < -0.4 is 5.73 Å². The molecule has 2 N–H and O–H groups in total. The van der Waals surface area contributed by atoms with Gasteiger partial charge >= 0.3 is 0 Å². The van der Waals surface area contributed by atoms with Gasteiger partial charge in [-0.05, 0) is 37.8 Å². The molecule has 0 radical (unpaired) electrons. The minimum Gasteiger partial charge on any atom is -0.324 e. The van der Waals surface area contributed by atoms with Crippen LogP contribution in [0, 0.1) is 11.7 Å². The van der Waals surface area contributed by atoms with Gasteiger partial charge in [-0.15, -0.1) is 0 Å². The van der Waals surface area contributed by atoms with Crippen molar-refractivity contribution in [3.8, 4) is 0 Å². The molecule has 0 bridgehead atoms. The summed E-state index contributed by atoms with van der Waals surface area (Å²) in [5, 5.41) is 0. The van der Waals surface area contributed by atoms with E-state index in [1.165, 1.54) is 31.7 Å². The first-order valence-electron chi connectivity index (χ1n) is 7.87. The number of hydrogen-bond acceptors (Lipinski definition) is 2. The first kappa shape index (κ1) is 15.5. The monoisotopic (exact) mass is 278 g/mol. The third kappa shape index (κ3) is 3.58. The number of nitrogens with zero attached hydrogens (tertiary/aromatic N) is 1. The summed E-state index contributed by atoms with van der Waals surface area (Å²) in [7, 11) is 0. The molecule has 1 aromatic carbocycles. The number of nitrogens with two attached hydrogens (primary N) is 1. The Balaban J connectivity index is 2.00. The quantitative estimate of drug-likeness (QED) is 0.889. The van der Waals surface area contributed by atoms with Gasteiger partial charge in [0.05, 0.1) is 0 Å². The number of benzene rings is 1. The van der Waals surface area contributed by atoms with E-state index in [0.29, 0.717) is 11.6 Å². The number of rotatable bonds is 5. The van der Waals surface area contributed by atoms with E-state index in [4.69, 9.17) is 5.73 Å². The Labute approximate surface area is 122 Å². The maximum atomic E-state index is 13.8. The summed E-state index contributed by atoms with van der Waals surface area (Å²) in [4.78, 5) is 2.55. The lowest BCUT2D eigenvalue weighted by Gasteiger charge is -2.38. The van der Waals surface area contributed by atoms with Crippen molar-refractivity contribution in [2.75, 3.05) is 13.1 Å². The maximum Gasteiger partial charge on any atom is 0.127 e. The molecule has 2 nitrogen and oxygen atoms in total. The lowest BCUT2D eigenvalue weighted by Crippen LogP contribution is -2.43. The van der Waals surface area contributed by atoms with Crippen molar-refractivity contribution in [1.82, 2.24) is 4.90 Å². The maximum absolute atomic E-state index is 13.8. The molecule has 0 aliphatic carbocycles. The highest BCUT2D eigenvalue weighted by atomic mass is 19.1. The second-order valence-electron chi connectivity index (χ2n) is 6.08. The van der Waals surface area contributed by atoms with Crippen LogP contribution in [-0.2, 0) is 0 Å². The Bertz CT molecular complexity index is 421. The third-order valence-electron chi connectivity index (χ3n) is 4.62. The van der Waals surface area contributed by atoms with Gasteiger partial charge < -0.3 is 10.6 Å². The van der Waals surface area contributed by atoms with Crippen molar-refractivity contribution in [3.05, 3.63) is 35.6 Å². The van der Waals surface area contributed by atoms with E-state index in [1.807, 2.05) is 12.1 Å². The van der Waals surface area contributed by atoms with Gasteiger partial charge in [0.25, 0.3) is 0 Å². The third-order valence-corrected chi connectivity index (χ3v) is 4.62. The van der Waals surface area contributed by atoms with Crippen molar-refractivity contribution < 1.29 is 4.39 Å². The first-order valence-corrected chi connectivity index (χ1v) is 7.87. The molecule has 3 unspecified atom stereocenters. The Morgan fingerprint density at radius 2 is 2.10 bits per heavy atom. The molecule has 20 heavy (non-hydrogen) atoms. The average Bonchev–Trinajstić information content (AvgIpc) is 2.47. The molecule has 0 aromatic heterocycles. The summed E-state index contributed by atoms with van der Waals surface area (Å²) >= 11 is 0. The predicted molar refractivity (Wildman–Crippen MR) is 82.0 cm³/mol. The fraction of sp³-hybridized carbons (Fsp3) is 0.647. The van der Waals surface area contributed by atoms with E-state index in [-0.39, 0.29) is 17.8 Å². The summed E-state index contributed by atoms with van der Waals surface area (Å²) in [6.45, 7) is 6.52. The molecule has 0 amide bonds. The highest BCUT2D eigenvalue weighted by Crippen LogP contribution is 2.26. The molecule has 2 rings (SSSR count). The van der Waals surface area contributed by atoms with Crippen molar-refractivity contribution in [3.63, 3.8) is 0 Å². The van der Waals surface area contributed by atoms with Gasteiger partial charge in [-0.25, -0.2) is 4.39 Å². The minimum atomic E-state index is -0.226. The largest absolute Gasteiger partial charge is 0.324 e. The van der Waals surface area contributed by atoms with Crippen molar-refractivity contribution in [2.45, 2.75) is 51.6 Å². The number of hydrogen-bond donors (Lipinski definition) is 1. The molecule has 0 spiro atoms. The molecule has 1 aliphatic heterocycles. The smallest absolute Gasteiger partial charge is 0.127 e. The van der Waals surface area contributed by atoms with Crippen molar-refractivity contribution in [1.29, 1.82) is 0 Å². The van der Waals surface area contributed by atoms with Crippen LogP contribution in [0.5, 0.6) is 0 Å². The summed E-state index contributed by atoms with van der Waals surface area (Å²) in [5.74, 6) is 0.0802. The number of piperidine rings is 1. The van der Waals surface area contributed by atoms with E-state index >= 15 is 0 Å². The summed E-state index contributed by atoms with van der Waals surface area (Å²) < 4.78 is 13.8. The van der Waals surface area contributed by atoms with Gasteiger partial charge in [0.1, 0.15) is 5.82 Å². The number of halogens is 1. The Hall–Kier alpha value is -0.930. The zero-order valence-corrected chi connectivity index (χ0v) is 12.7. The van der Waals surface area contributed by atoms with Crippen molar-refractivity contribution in [2.24, 2.45) is 11.7 Å². The van der Waals surface area contributed by atoms with Crippen LogP contribution in [0.4, 0.5) is 4.39 Å². The molecular weight excluding hydrogens is 251 g/mol. The van der Waals surface area contributed by atoms with Crippen LogP contribution in [-0.4, -0.2) is 24.0 Å². The standard InChI is InChI=1S/C17H27FN2/c1-3-14-8-6-7-11-20(14)12-13(2)17(19)15-9-4-5-10-16(15)18/h4-5,9-10,13-14,17H,3,6-8,11-12,19H2,1-2H3. The van der Waals surface area contributed by atoms with Crippen LogP contribution in [0.3, 0.4) is 0 Å². The van der Waals surface area contributed by atoms with Crippen LogP contribution >= 0.6 is 0 Å². The number of likely N-dealkylation sites (tertiary alicyclic amines) is 1. The Morgan fingerprint density at radius 3 is 2.80 bits per heavy atom. The van der Waals surface area contributed by atoms with E-state index < -0.39 is 0 Å². The van der Waals surface area contributed by atoms with Gasteiger partial charge in [-0.2, -0.15) is 0 Å². The highest BCUT2D eigenvalue weighted by molar-refractivity contribution is 5.21. The van der Waals surface area contributed by atoms with E-state index in [2.05, 4.69) is 18.7 Å².